The van der Waals surface area contributed by atoms with Gasteiger partial charge in [-0.25, -0.2) is 0 Å². The molecule has 1 aromatic rings. The molecule has 3 nitrogen and oxygen atoms in total. The van der Waals surface area contributed by atoms with Crippen molar-refractivity contribution >= 4 is 46.6 Å². The highest BCUT2D eigenvalue weighted by Gasteiger charge is 2.10. The van der Waals surface area contributed by atoms with Crippen LogP contribution in [0.2, 0.25) is 10.0 Å². The number of rotatable bonds is 6. The van der Waals surface area contributed by atoms with Crippen LogP contribution in [-0.2, 0) is 0 Å². The van der Waals surface area contributed by atoms with Crippen LogP contribution in [0.4, 0.5) is 5.69 Å². The van der Waals surface area contributed by atoms with Gasteiger partial charge >= 0.3 is 0 Å². The molecule has 0 saturated carbocycles. The Morgan fingerprint density at radius 2 is 2.06 bits per heavy atom. The molecule has 0 aliphatic rings. The van der Waals surface area contributed by atoms with Crippen molar-refractivity contribution in [2.75, 3.05) is 23.8 Å². The van der Waals surface area contributed by atoms with Crippen LogP contribution in [-0.4, -0.2) is 24.0 Å². The molecule has 3 N–H and O–H groups in total. The maximum Gasteiger partial charge on any atom is 0.251 e. The SMILES string of the molecule is C=CCSCCNC(=O)c1cc(Cl)c(N)c(Cl)c1. The summed E-state index contributed by atoms with van der Waals surface area (Å²) in [5.74, 6) is 1.49. The van der Waals surface area contributed by atoms with Gasteiger partial charge in [-0.2, -0.15) is 11.8 Å². The van der Waals surface area contributed by atoms with Gasteiger partial charge < -0.3 is 11.1 Å². The van der Waals surface area contributed by atoms with Gasteiger partial charge in [0.1, 0.15) is 0 Å². The van der Waals surface area contributed by atoms with Gasteiger partial charge in [0, 0.05) is 23.6 Å². The number of benzene rings is 1. The Morgan fingerprint density at radius 1 is 1.44 bits per heavy atom. The number of anilines is 1. The van der Waals surface area contributed by atoms with Crippen LogP contribution >= 0.6 is 35.0 Å². The van der Waals surface area contributed by atoms with Gasteiger partial charge in [0.15, 0.2) is 0 Å². The van der Waals surface area contributed by atoms with E-state index in [0.29, 0.717) is 12.1 Å². The molecule has 1 aromatic carbocycles. The van der Waals surface area contributed by atoms with Crippen molar-refractivity contribution in [1.82, 2.24) is 5.32 Å². The van der Waals surface area contributed by atoms with Crippen molar-refractivity contribution in [1.29, 1.82) is 0 Å². The van der Waals surface area contributed by atoms with E-state index in [0.717, 1.165) is 11.5 Å². The van der Waals surface area contributed by atoms with E-state index in [2.05, 4.69) is 11.9 Å². The summed E-state index contributed by atoms with van der Waals surface area (Å²) in [5, 5.41) is 3.35. The minimum absolute atomic E-state index is 0.210. The van der Waals surface area contributed by atoms with Gasteiger partial charge in [-0.1, -0.05) is 29.3 Å². The first-order valence-corrected chi connectivity index (χ1v) is 7.18. The van der Waals surface area contributed by atoms with E-state index >= 15 is 0 Å². The molecule has 0 saturated heterocycles. The van der Waals surface area contributed by atoms with Crippen molar-refractivity contribution in [3.8, 4) is 0 Å². The normalized spacial score (nSPS) is 10.1. The number of nitrogens with two attached hydrogens (primary N) is 1. The van der Waals surface area contributed by atoms with E-state index < -0.39 is 0 Å². The molecule has 0 bridgehead atoms. The van der Waals surface area contributed by atoms with E-state index in [-0.39, 0.29) is 21.6 Å². The summed E-state index contributed by atoms with van der Waals surface area (Å²) in [5.41, 5.74) is 6.30. The fourth-order valence-corrected chi connectivity index (χ4v) is 2.29. The summed E-state index contributed by atoms with van der Waals surface area (Å²) in [6.07, 6.45) is 1.83. The van der Waals surface area contributed by atoms with Gasteiger partial charge in [-0.3, -0.25) is 4.79 Å². The molecule has 1 rings (SSSR count). The third-order valence-corrected chi connectivity index (χ3v) is 3.70. The summed E-state index contributed by atoms with van der Waals surface area (Å²) in [6, 6.07) is 3.02. The Morgan fingerprint density at radius 3 is 2.61 bits per heavy atom. The number of carbonyl (C=O) groups excluding carboxylic acids is 1. The molecule has 98 valence electrons. The second-order valence-corrected chi connectivity index (χ2v) is 5.44. The fraction of sp³-hybridized carbons (Fsp3) is 0.250. The van der Waals surface area contributed by atoms with Gasteiger partial charge in [-0.15, -0.1) is 6.58 Å². The lowest BCUT2D eigenvalue weighted by molar-refractivity contribution is 0.0956. The predicted molar refractivity (Wildman–Crippen MR) is 80.7 cm³/mol. The van der Waals surface area contributed by atoms with Crippen LogP contribution in [0, 0.1) is 0 Å². The van der Waals surface area contributed by atoms with Crippen molar-refractivity contribution in [2.24, 2.45) is 0 Å². The first kappa shape index (κ1) is 15.2. The summed E-state index contributed by atoms with van der Waals surface area (Å²) < 4.78 is 0. The van der Waals surface area contributed by atoms with E-state index in [1.165, 1.54) is 12.1 Å². The van der Waals surface area contributed by atoms with Crippen LogP contribution in [0.3, 0.4) is 0 Å². The average Bonchev–Trinajstić information content (AvgIpc) is 2.34. The van der Waals surface area contributed by atoms with E-state index in [4.69, 9.17) is 28.9 Å². The number of nitrogen functional groups attached to an aromatic ring is 1. The molecule has 0 aromatic heterocycles. The third kappa shape index (κ3) is 4.44. The highest BCUT2D eigenvalue weighted by molar-refractivity contribution is 7.99. The molecular formula is C12H14Cl2N2OS. The lowest BCUT2D eigenvalue weighted by Gasteiger charge is -2.07. The number of amides is 1. The zero-order valence-corrected chi connectivity index (χ0v) is 12.0. The van der Waals surface area contributed by atoms with E-state index in [9.17, 15) is 4.79 Å². The van der Waals surface area contributed by atoms with Crippen LogP contribution in [0.1, 0.15) is 10.4 Å². The Hall–Kier alpha value is -0.840. The molecule has 18 heavy (non-hydrogen) atoms. The second kappa shape index (κ2) is 7.56. The molecule has 0 fully saturated rings. The lowest BCUT2D eigenvalue weighted by Crippen LogP contribution is -2.25. The summed E-state index contributed by atoms with van der Waals surface area (Å²) in [6.45, 7) is 4.20. The standard InChI is InChI=1S/C12H14Cl2N2OS/c1-2-4-18-5-3-16-12(17)8-6-9(13)11(15)10(14)7-8/h2,6-7H,1,3-5,15H2,(H,16,17). The van der Waals surface area contributed by atoms with Crippen molar-refractivity contribution < 1.29 is 4.79 Å². The Kier molecular flexibility index (Phi) is 6.39. The molecule has 0 unspecified atom stereocenters. The minimum Gasteiger partial charge on any atom is -0.396 e. The van der Waals surface area contributed by atoms with Gasteiger partial charge in [0.2, 0.25) is 0 Å². The summed E-state index contributed by atoms with van der Waals surface area (Å²) in [7, 11) is 0. The Bertz CT molecular complexity index is 429. The largest absolute Gasteiger partial charge is 0.396 e. The Labute approximate surface area is 121 Å². The maximum atomic E-state index is 11.8. The average molecular weight is 305 g/mol. The summed E-state index contributed by atoms with van der Waals surface area (Å²) >= 11 is 13.4. The predicted octanol–water partition coefficient (Wildman–Crippen LogP) is 3.22. The van der Waals surface area contributed by atoms with Gasteiger partial charge in [-0.05, 0) is 12.1 Å². The number of thioether (sulfide) groups is 1. The van der Waals surface area contributed by atoms with Gasteiger partial charge in [0.25, 0.3) is 5.91 Å². The molecule has 0 aliphatic heterocycles. The molecule has 0 radical (unpaired) electrons. The highest BCUT2D eigenvalue weighted by atomic mass is 35.5. The highest BCUT2D eigenvalue weighted by Crippen LogP contribution is 2.28. The van der Waals surface area contributed by atoms with Crippen molar-refractivity contribution in [2.45, 2.75) is 0 Å². The number of hydrogen-bond acceptors (Lipinski definition) is 3. The zero-order chi connectivity index (χ0) is 13.5. The number of hydrogen-bond donors (Lipinski definition) is 2. The summed E-state index contributed by atoms with van der Waals surface area (Å²) in [4.78, 5) is 11.8. The quantitative estimate of drug-likeness (QED) is 0.482. The van der Waals surface area contributed by atoms with Crippen molar-refractivity contribution in [3.05, 3.63) is 40.4 Å². The van der Waals surface area contributed by atoms with Crippen LogP contribution in [0.5, 0.6) is 0 Å². The smallest absolute Gasteiger partial charge is 0.251 e. The first-order valence-electron chi connectivity index (χ1n) is 5.27. The van der Waals surface area contributed by atoms with E-state index in [1.54, 1.807) is 11.8 Å². The van der Waals surface area contributed by atoms with Crippen molar-refractivity contribution in [3.63, 3.8) is 0 Å². The topological polar surface area (TPSA) is 55.1 Å². The number of halogens is 2. The lowest BCUT2D eigenvalue weighted by atomic mass is 10.2. The second-order valence-electron chi connectivity index (χ2n) is 3.47. The first-order chi connectivity index (χ1) is 8.56. The van der Waals surface area contributed by atoms with Crippen LogP contribution in [0.25, 0.3) is 0 Å². The molecule has 0 spiro atoms. The van der Waals surface area contributed by atoms with Gasteiger partial charge in [0.05, 0.1) is 15.7 Å². The number of nitrogens with one attached hydrogen (secondary N) is 1. The number of carbonyl (C=O) groups is 1. The molecule has 0 heterocycles. The third-order valence-electron chi connectivity index (χ3n) is 2.11. The molecule has 0 atom stereocenters. The fourth-order valence-electron chi connectivity index (χ4n) is 1.22. The van der Waals surface area contributed by atoms with Crippen LogP contribution in [0.15, 0.2) is 24.8 Å². The molecule has 0 aliphatic carbocycles. The maximum absolute atomic E-state index is 11.8. The molecular weight excluding hydrogens is 291 g/mol. The molecule has 6 heteroatoms. The van der Waals surface area contributed by atoms with E-state index in [1.807, 2.05) is 6.08 Å². The monoisotopic (exact) mass is 304 g/mol. The minimum atomic E-state index is -0.210. The Balaban J connectivity index is 2.54. The zero-order valence-electron chi connectivity index (χ0n) is 9.71. The molecule has 1 amide bonds. The van der Waals surface area contributed by atoms with Crippen LogP contribution < -0.4 is 11.1 Å².